The Balaban J connectivity index is 1.74. The Kier molecular flexibility index (Phi) is 5.61. The Labute approximate surface area is 158 Å². The Morgan fingerprint density at radius 3 is 2.35 bits per heavy atom. The fourth-order valence-corrected chi connectivity index (χ4v) is 3.53. The molecule has 5 nitrogen and oxygen atoms in total. The van der Waals surface area contributed by atoms with Gasteiger partial charge in [0.15, 0.2) is 5.78 Å². The number of ketones is 2. The summed E-state index contributed by atoms with van der Waals surface area (Å²) >= 11 is 5.88. The largest absolute Gasteiger partial charge is 0.373 e. The number of morpholine rings is 1. The van der Waals surface area contributed by atoms with Gasteiger partial charge in [0.1, 0.15) is 0 Å². The van der Waals surface area contributed by atoms with Gasteiger partial charge in [0.2, 0.25) is 5.78 Å². The highest BCUT2D eigenvalue weighted by atomic mass is 35.5. The van der Waals surface area contributed by atoms with Gasteiger partial charge in [0, 0.05) is 42.5 Å². The van der Waals surface area contributed by atoms with Crippen LogP contribution in [0.3, 0.4) is 0 Å². The SMILES string of the molecule is CC1CN(CC(=O)c2cc(C(=O)c3ccc(Cl)cc3)n(C)c2)CC(C)O1. The quantitative estimate of drug-likeness (QED) is 0.754. The number of rotatable bonds is 5. The van der Waals surface area contributed by atoms with Gasteiger partial charge in [0.25, 0.3) is 0 Å². The first-order chi connectivity index (χ1) is 12.3. The minimum atomic E-state index is -0.128. The van der Waals surface area contributed by atoms with E-state index in [4.69, 9.17) is 16.3 Å². The zero-order valence-corrected chi connectivity index (χ0v) is 16.0. The van der Waals surface area contributed by atoms with Crippen molar-refractivity contribution in [2.24, 2.45) is 7.05 Å². The van der Waals surface area contributed by atoms with Crippen molar-refractivity contribution in [1.82, 2.24) is 9.47 Å². The Morgan fingerprint density at radius 1 is 1.12 bits per heavy atom. The van der Waals surface area contributed by atoms with Crippen LogP contribution in [0.2, 0.25) is 5.02 Å². The molecule has 0 aliphatic carbocycles. The number of carbonyl (C=O) groups excluding carboxylic acids is 2. The summed E-state index contributed by atoms with van der Waals surface area (Å²) in [7, 11) is 1.78. The van der Waals surface area contributed by atoms with E-state index in [1.807, 2.05) is 13.8 Å². The van der Waals surface area contributed by atoms with E-state index < -0.39 is 0 Å². The third-order valence-corrected chi connectivity index (χ3v) is 4.78. The Hall–Kier alpha value is -1.95. The molecule has 1 aromatic heterocycles. The van der Waals surface area contributed by atoms with E-state index >= 15 is 0 Å². The summed E-state index contributed by atoms with van der Waals surface area (Å²) in [5.41, 5.74) is 1.58. The molecule has 2 aromatic rings. The lowest BCUT2D eigenvalue weighted by molar-refractivity contribution is -0.0652. The lowest BCUT2D eigenvalue weighted by Gasteiger charge is -2.34. The molecule has 0 amide bonds. The van der Waals surface area contributed by atoms with E-state index in [2.05, 4.69) is 4.90 Å². The van der Waals surface area contributed by atoms with Crippen LogP contribution in [0.25, 0.3) is 0 Å². The Morgan fingerprint density at radius 2 is 1.73 bits per heavy atom. The second kappa shape index (κ2) is 7.74. The number of Topliss-reactive ketones (excluding diaryl/α,β-unsaturated/α-hetero) is 1. The third-order valence-electron chi connectivity index (χ3n) is 4.53. The molecule has 26 heavy (non-hydrogen) atoms. The van der Waals surface area contributed by atoms with Crippen LogP contribution < -0.4 is 0 Å². The van der Waals surface area contributed by atoms with Crippen LogP contribution in [0.15, 0.2) is 36.5 Å². The predicted molar refractivity (Wildman–Crippen MR) is 101 cm³/mol. The maximum Gasteiger partial charge on any atom is 0.209 e. The number of benzene rings is 1. The van der Waals surface area contributed by atoms with Crippen molar-refractivity contribution in [1.29, 1.82) is 0 Å². The molecule has 0 radical (unpaired) electrons. The van der Waals surface area contributed by atoms with Crippen molar-refractivity contribution >= 4 is 23.2 Å². The Bertz CT molecular complexity index is 803. The number of halogens is 1. The van der Waals surface area contributed by atoms with Crippen LogP contribution in [-0.4, -0.2) is 52.9 Å². The van der Waals surface area contributed by atoms with Gasteiger partial charge in [-0.2, -0.15) is 0 Å². The summed E-state index contributed by atoms with van der Waals surface area (Å²) in [4.78, 5) is 27.5. The minimum absolute atomic E-state index is 0.0112. The summed E-state index contributed by atoms with van der Waals surface area (Å²) in [6.45, 7) is 5.83. The molecule has 0 N–H and O–H groups in total. The van der Waals surface area contributed by atoms with Gasteiger partial charge < -0.3 is 9.30 Å². The zero-order valence-electron chi connectivity index (χ0n) is 15.2. The highest BCUT2D eigenvalue weighted by molar-refractivity contribution is 6.30. The van der Waals surface area contributed by atoms with Gasteiger partial charge >= 0.3 is 0 Å². The second-order valence-corrected chi connectivity index (χ2v) is 7.37. The van der Waals surface area contributed by atoms with Crippen LogP contribution >= 0.6 is 11.6 Å². The number of aromatic nitrogens is 1. The monoisotopic (exact) mass is 374 g/mol. The molecule has 1 aliphatic rings. The van der Waals surface area contributed by atoms with E-state index in [-0.39, 0.29) is 23.8 Å². The molecule has 6 heteroatoms. The molecule has 1 saturated heterocycles. The summed E-state index contributed by atoms with van der Waals surface area (Å²) in [5, 5.41) is 0.582. The average molecular weight is 375 g/mol. The predicted octanol–water partition coefficient (Wildman–Crippen LogP) is 3.20. The molecule has 2 heterocycles. The van der Waals surface area contributed by atoms with Crippen molar-refractivity contribution in [3.05, 3.63) is 58.4 Å². The molecule has 2 atom stereocenters. The van der Waals surface area contributed by atoms with Gasteiger partial charge in [-0.3, -0.25) is 14.5 Å². The summed E-state index contributed by atoms with van der Waals surface area (Å²) in [5.74, 6) is -0.117. The first-order valence-corrected chi connectivity index (χ1v) is 9.09. The molecule has 0 spiro atoms. The van der Waals surface area contributed by atoms with Crippen molar-refractivity contribution < 1.29 is 14.3 Å². The van der Waals surface area contributed by atoms with E-state index in [0.717, 1.165) is 13.1 Å². The first-order valence-electron chi connectivity index (χ1n) is 8.71. The highest BCUT2D eigenvalue weighted by Gasteiger charge is 2.25. The van der Waals surface area contributed by atoms with Crippen molar-refractivity contribution in [3.63, 3.8) is 0 Å². The maximum atomic E-state index is 12.7. The molecule has 2 unspecified atom stereocenters. The zero-order chi connectivity index (χ0) is 18.8. The van der Waals surface area contributed by atoms with Crippen LogP contribution in [0, 0.1) is 0 Å². The number of aryl methyl sites for hydroxylation is 1. The molecule has 0 saturated carbocycles. The van der Waals surface area contributed by atoms with Gasteiger partial charge in [0.05, 0.1) is 24.4 Å². The minimum Gasteiger partial charge on any atom is -0.373 e. The molecular formula is C20H23ClN2O3. The molecule has 1 fully saturated rings. The second-order valence-electron chi connectivity index (χ2n) is 6.94. The fourth-order valence-electron chi connectivity index (χ4n) is 3.40. The number of hydrogen-bond acceptors (Lipinski definition) is 4. The summed E-state index contributed by atoms with van der Waals surface area (Å²) < 4.78 is 7.41. The van der Waals surface area contributed by atoms with Crippen LogP contribution in [0.5, 0.6) is 0 Å². The normalized spacial score (nSPS) is 20.9. The fraction of sp³-hybridized carbons (Fsp3) is 0.400. The van der Waals surface area contributed by atoms with E-state index in [1.165, 1.54) is 0 Å². The summed E-state index contributed by atoms with van der Waals surface area (Å²) in [6, 6.07) is 8.42. The molecule has 1 aromatic carbocycles. The van der Waals surface area contributed by atoms with Crippen molar-refractivity contribution in [2.45, 2.75) is 26.1 Å². The molecule has 1 aliphatic heterocycles. The van der Waals surface area contributed by atoms with E-state index in [9.17, 15) is 9.59 Å². The lowest BCUT2D eigenvalue weighted by Crippen LogP contribution is -2.47. The van der Waals surface area contributed by atoms with Gasteiger partial charge in [-0.05, 0) is 44.2 Å². The van der Waals surface area contributed by atoms with Crippen molar-refractivity contribution in [3.8, 4) is 0 Å². The van der Waals surface area contributed by atoms with Gasteiger partial charge in [-0.15, -0.1) is 0 Å². The molecule has 3 rings (SSSR count). The van der Waals surface area contributed by atoms with Crippen LogP contribution in [0.1, 0.15) is 40.3 Å². The topological polar surface area (TPSA) is 51.5 Å². The van der Waals surface area contributed by atoms with Gasteiger partial charge in [-0.25, -0.2) is 0 Å². The number of carbonyl (C=O) groups is 2. The third kappa shape index (κ3) is 4.23. The van der Waals surface area contributed by atoms with E-state index in [0.29, 0.717) is 28.4 Å². The number of hydrogen-bond donors (Lipinski definition) is 0. The van der Waals surface area contributed by atoms with Crippen LogP contribution in [-0.2, 0) is 11.8 Å². The van der Waals surface area contributed by atoms with E-state index in [1.54, 1.807) is 48.1 Å². The average Bonchev–Trinajstić information content (AvgIpc) is 2.96. The van der Waals surface area contributed by atoms with Gasteiger partial charge in [-0.1, -0.05) is 11.6 Å². The standard InChI is InChI=1S/C20H23ClN2O3/c1-13-9-23(10-14(2)26-13)12-19(24)16-8-18(22(3)11-16)20(25)15-4-6-17(21)7-5-15/h4-8,11,13-14H,9-10,12H2,1-3H3. The maximum absolute atomic E-state index is 12.7. The van der Waals surface area contributed by atoms with Crippen molar-refractivity contribution in [2.75, 3.05) is 19.6 Å². The smallest absolute Gasteiger partial charge is 0.209 e. The first kappa shape index (κ1) is 18.8. The molecular weight excluding hydrogens is 352 g/mol. The number of nitrogens with zero attached hydrogens (tertiary/aromatic N) is 2. The number of ether oxygens (including phenoxy) is 1. The highest BCUT2D eigenvalue weighted by Crippen LogP contribution is 2.17. The van der Waals surface area contributed by atoms with Crippen LogP contribution in [0.4, 0.5) is 0 Å². The molecule has 0 bridgehead atoms. The summed E-state index contributed by atoms with van der Waals surface area (Å²) in [6.07, 6.45) is 1.95. The molecule has 138 valence electrons. The lowest BCUT2D eigenvalue weighted by atomic mass is 10.1.